The molecule has 3 aromatic carbocycles. The normalized spacial score (nSPS) is 9.64. The fourth-order valence-corrected chi connectivity index (χ4v) is 1.99. The summed E-state index contributed by atoms with van der Waals surface area (Å²) < 4.78 is 12.9. The maximum atomic E-state index is 12.9. The summed E-state index contributed by atoms with van der Waals surface area (Å²) in [6.07, 6.45) is 0. The van der Waals surface area contributed by atoms with Crippen molar-refractivity contribution in [1.29, 1.82) is 0 Å². The van der Waals surface area contributed by atoms with Gasteiger partial charge in [-0.25, -0.2) is 4.39 Å². The van der Waals surface area contributed by atoms with Crippen LogP contribution in [0.4, 0.5) is 32.8 Å². The fourth-order valence-electron chi connectivity index (χ4n) is 1.99. The van der Waals surface area contributed by atoms with Gasteiger partial charge in [-0.2, -0.15) is 0 Å². The van der Waals surface area contributed by atoms with E-state index < -0.39 is 4.92 Å². The number of rotatable bonds is 3. The monoisotopic (exact) mass is 340 g/mol. The predicted octanol–water partition coefficient (Wildman–Crippen LogP) is 4.33. The van der Waals surface area contributed by atoms with Crippen molar-refractivity contribution in [3.05, 3.63) is 88.7 Å². The van der Waals surface area contributed by atoms with Crippen molar-refractivity contribution in [2.45, 2.75) is 0 Å². The van der Waals surface area contributed by atoms with E-state index in [4.69, 9.17) is 11.5 Å². The van der Waals surface area contributed by atoms with Gasteiger partial charge < -0.3 is 16.8 Å². The lowest BCUT2D eigenvalue weighted by atomic mass is 10.2. The molecule has 0 saturated carbocycles. The summed E-state index contributed by atoms with van der Waals surface area (Å²) in [6, 6.07) is 19.7. The molecular weight excluding hydrogens is 323 g/mol. The van der Waals surface area contributed by atoms with E-state index in [0.717, 1.165) is 5.69 Å². The Balaban J connectivity index is 0.000000196. The number of nitro groups is 1. The second kappa shape index (κ2) is 8.30. The van der Waals surface area contributed by atoms with Gasteiger partial charge in [-0.15, -0.1) is 0 Å². The molecule has 3 rings (SSSR count). The highest BCUT2D eigenvalue weighted by atomic mass is 19.1. The molecule has 3 aromatic rings. The first-order chi connectivity index (χ1) is 12.0. The van der Waals surface area contributed by atoms with Crippen LogP contribution in [0.3, 0.4) is 0 Å². The van der Waals surface area contributed by atoms with Crippen LogP contribution >= 0.6 is 0 Å². The molecule has 7 heteroatoms. The molecule has 0 aliphatic rings. The molecule has 0 aliphatic carbocycles. The molecule has 0 radical (unpaired) electrons. The van der Waals surface area contributed by atoms with Crippen molar-refractivity contribution in [2.24, 2.45) is 0 Å². The van der Waals surface area contributed by atoms with E-state index in [1.807, 2.05) is 18.2 Å². The molecule has 0 fully saturated rings. The van der Waals surface area contributed by atoms with Crippen molar-refractivity contribution < 1.29 is 9.31 Å². The van der Waals surface area contributed by atoms with E-state index in [-0.39, 0.29) is 17.2 Å². The Hall–Kier alpha value is -3.61. The van der Waals surface area contributed by atoms with Crippen molar-refractivity contribution in [2.75, 3.05) is 16.8 Å². The highest BCUT2D eigenvalue weighted by Gasteiger charge is 2.07. The molecule has 0 aromatic heterocycles. The zero-order chi connectivity index (χ0) is 18.2. The number of halogens is 1. The number of hydrogen-bond acceptors (Lipinski definition) is 5. The van der Waals surface area contributed by atoms with Crippen LogP contribution in [0.25, 0.3) is 0 Å². The highest BCUT2D eigenvalue weighted by Crippen LogP contribution is 2.22. The molecule has 0 heterocycles. The smallest absolute Gasteiger partial charge is 0.292 e. The molecule has 0 unspecified atom stereocenters. The summed E-state index contributed by atoms with van der Waals surface area (Å²) >= 11 is 0. The second-order valence-electron chi connectivity index (χ2n) is 5.04. The molecule has 128 valence electrons. The van der Waals surface area contributed by atoms with Crippen LogP contribution in [0.15, 0.2) is 72.8 Å². The zero-order valence-corrected chi connectivity index (χ0v) is 13.2. The standard InChI is InChI=1S/C12H11FN2.C6H6N2O2/c13-9-4-3-5-10(8-9)15-12-7-2-1-6-11(12)14;7-5-3-1-2-4-6(5)8(9)10/h1-8,15H,14H2;1-4H,7H2. The zero-order valence-electron chi connectivity index (χ0n) is 13.2. The Bertz CT molecular complexity index is 871. The summed E-state index contributed by atoms with van der Waals surface area (Å²) in [5.74, 6) is -0.269. The molecule has 0 spiro atoms. The third-order valence-electron chi connectivity index (χ3n) is 3.20. The minimum absolute atomic E-state index is 0.0394. The highest BCUT2D eigenvalue weighted by molar-refractivity contribution is 5.72. The SMILES string of the molecule is Nc1ccccc1Nc1cccc(F)c1.Nc1ccccc1[N+](=O)[O-]. The third-order valence-corrected chi connectivity index (χ3v) is 3.20. The number of nitrogen functional groups attached to an aromatic ring is 2. The van der Waals surface area contributed by atoms with Gasteiger partial charge in [0.15, 0.2) is 0 Å². The van der Waals surface area contributed by atoms with Crippen molar-refractivity contribution >= 4 is 28.4 Å². The largest absolute Gasteiger partial charge is 0.397 e. The van der Waals surface area contributed by atoms with Gasteiger partial charge in [-0.1, -0.05) is 30.3 Å². The molecule has 5 N–H and O–H groups in total. The lowest BCUT2D eigenvalue weighted by Crippen LogP contribution is -1.95. The lowest BCUT2D eigenvalue weighted by molar-refractivity contribution is -0.383. The molecule has 0 atom stereocenters. The Labute approximate surface area is 144 Å². The van der Waals surface area contributed by atoms with E-state index in [1.54, 1.807) is 30.3 Å². The van der Waals surface area contributed by atoms with Gasteiger partial charge in [-0.05, 0) is 36.4 Å². The second-order valence-corrected chi connectivity index (χ2v) is 5.04. The fraction of sp³-hybridized carbons (Fsp3) is 0. The molecule has 0 amide bonds. The van der Waals surface area contributed by atoms with Crippen molar-refractivity contribution in [3.63, 3.8) is 0 Å². The summed E-state index contributed by atoms with van der Waals surface area (Å²) in [7, 11) is 0. The topological polar surface area (TPSA) is 107 Å². The minimum atomic E-state index is -0.505. The molecule has 6 nitrogen and oxygen atoms in total. The van der Waals surface area contributed by atoms with Crippen LogP contribution in [-0.4, -0.2) is 4.92 Å². The molecular formula is C18H17FN4O2. The number of anilines is 4. The predicted molar refractivity (Wildman–Crippen MR) is 98.0 cm³/mol. The average molecular weight is 340 g/mol. The number of benzene rings is 3. The number of nitrogens with two attached hydrogens (primary N) is 2. The van der Waals surface area contributed by atoms with Gasteiger partial charge in [0, 0.05) is 11.8 Å². The summed E-state index contributed by atoms with van der Waals surface area (Å²) in [6.45, 7) is 0. The Kier molecular flexibility index (Phi) is 5.89. The summed E-state index contributed by atoms with van der Waals surface area (Å²) in [4.78, 5) is 9.64. The minimum Gasteiger partial charge on any atom is -0.397 e. The number of nitrogens with zero attached hydrogens (tertiary/aromatic N) is 1. The maximum absolute atomic E-state index is 12.9. The number of nitro benzene ring substituents is 1. The van der Waals surface area contributed by atoms with E-state index in [2.05, 4.69) is 5.32 Å². The molecule has 0 saturated heterocycles. The van der Waals surface area contributed by atoms with Crippen LogP contribution in [-0.2, 0) is 0 Å². The van der Waals surface area contributed by atoms with Crippen molar-refractivity contribution in [3.8, 4) is 0 Å². The third kappa shape index (κ3) is 5.21. The number of hydrogen-bond donors (Lipinski definition) is 3. The van der Waals surface area contributed by atoms with Crippen LogP contribution in [0.2, 0.25) is 0 Å². The average Bonchev–Trinajstić information content (AvgIpc) is 2.58. The van der Waals surface area contributed by atoms with Gasteiger partial charge in [0.25, 0.3) is 5.69 Å². The van der Waals surface area contributed by atoms with Crippen molar-refractivity contribution in [1.82, 2.24) is 0 Å². The quantitative estimate of drug-likeness (QED) is 0.374. The van der Waals surface area contributed by atoms with Gasteiger partial charge >= 0.3 is 0 Å². The van der Waals surface area contributed by atoms with E-state index in [1.165, 1.54) is 24.3 Å². The first kappa shape index (κ1) is 17.7. The maximum Gasteiger partial charge on any atom is 0.292 e. The van der Waals surface area contributed by atoms with Crippen LogP contribution in [0, 0.1) is 15.9 Å². The van der Waals surface area contributed by atoms with E-state index in [0.29, 0.717) is 11.4 Å². The Morgan fingerprint density at radius 3 is 2.08 bits per heavy atom. The number of para-hydroxylation sites is 4. The van der Waals surface area contributed by atoms with Crippen LogP contribution in [0.5, 0.6) is 0 Å². The van der Waals surface area contributed by atoms with Crippen LogP contribution in [0.1, 0.15) is 0 Å². The summed E-state index contributed by atoms with van der Waals surface area (Å²) in [5.41, 5.74) is 13.3. The Morgan fingerprint density at radius 2 is 1.52 bits per heavy atom. The molecule has 25 heavy (non-hydrogen) atoms. The van der Waals surface area contributed by atoms with Gasteiger partial charge in [0.05, 0.1) is 16.3 Å². The molecule has 0 aliphatic heterocycles. The van der Waals surface area contributed by atoms with Gasteiger partial charge in [0.1, 0.15) is 11.5 Å². The van der Waals surface area contributed by atoms with Gasteiger partial charge in [0.2, 0.25) is 0 Å². The first-order valence-electron chi connectivity index (χ1n) is 7.33. The lowest BCUT2D eigenvalue weighted by Gasteiger charge is -2.08. The number of nitrogens with one attached hydrogen (secondary N) is 1. The first-order valence-corrected chi connectivity index (χ1v) is 7.33. The van der Waals surface area contributed by atoms with Gasteiger partial charge in [-0.3, -0.25) is 10.1 Å². The van der Waals surface area contributed by atoms with E-state index in [9.17, 15) is 14.5 Å². The van der Waals surface area contributed by atoms with E-state index >= 15 is 0 Å². The molecule has 0 bridgehead atoms. The Morgan fingerprint density at radius 1 is 0.880 bits per heavy atom. The van der Waals surface area contributed by atoms with Crippen LogP contribution < -0.4 is 16.8 Å². The summed E-state index contributed by atoms with van der Waals surface area (Å²) in [5, 5.41) is 13.2.